The van der Waals surface area contributed by atoms with Gasteiger partial charge >= 0.3 is 0 Å². The molecule has 1 unspecified atom stereocenters. The molecule has 8 heteroatoms. The molecule has 0 aliphatic rings. The van der Waals surface area contributed by atoms with Crippen molar-refractivity contribution in [1.82, 2.24) is 4.72 Å². The summed E-state index contributed by atoms with van der Waals surface area (Å²) in [6, 6.07) is 1.39. The molecule has 0 saturated heterocycles. The van der Waals surface area contributed by atoms with Crippen molar-refractivity contribution in [3.8, 4) is 0 Å². The van der Waals surface area contributed by atoms with Crippen LogP contribution in [0.2, 0.25) is 0 Å². The molecule has 98 valence electrons. The van der Waals surface area contributed by atoms with E-state index < -0.39 is 10.0 Å². The van der Waals surface area contributed by atoms with Crippen LogP contribution in [-0.2, 0) is 20.6 Å². The van der Waals surface area contributed by atoms with E-state index in [1.807, 2.05) is 0 Å². The first-order valence-corrected chi connectivity index (χ1v) is 7.58. The Hall–Kier alpha value is -0.0800. The second-order valence-electron chi connectivity index (χ2n) is 3.38. The Morgan fingerprint density at radius 3 is 2.76 bits per heavy atom. The van der Waals surface area contributed by atoms with E-state index in [9.17, 15) is 8.42 Å². The standard InChI is InChI=1S/C9H13BrClNO4S/c1-6(15-2)5-12-17(13,14)8-3-7(4-11)16-9(8)10/h3,6,12H,4-5H2,1-2H3. The minimum Gasteiger partial charge on any atom is -0.452 e. The Morgan fingerprint density at radius 2 is 2.29 bits per heavy atom. The predicted molar refractivity (Wildman–Crippen MR) is 67.6 cm³/mol. The first-order valence-electron chi connectivity index (χ1n) is 4.77. The number of alkyl halides is 1. The SMILES string of the molecule is COC(C)CNS(=O)(=O)c1cc(CCl)oc1Br. The Morgan fingerprint density at radius 1 is 1.65 bits per heavy atom. The predicted octanol–water partition coefficient (Wildman–Crippen LogP) is 2.09. The van der Waals surface area contributed by atoms with Crippen LogP contribution in [0.25, 0.3) is 0 Å². The largest absolute Gasteiger partial charge is 0.452 e. The van der Waals surface area contributed by atoms with Gasteiger partial charge in [0, 0.05) is 19.7 Å². The van der Waals surface area contributed by atoms with Crippen molar-refractivity contribution in [2.45, 2.75) is 23.8 Å². The van der Waals surface area contributed by atoms with Crippen LogP contribution in [0.1, 0.15) is 12.7 Å². The Labute approximate surface area is 114 Å². The fourth-order valence-corrected chi connectivity index (χ4v) is 3.28. The number of ether oxygens (including phenoxy) is 1. The van der Waals surface area contributed by atoms with Crippen molar-refractivity contribution in [2.75, 3.05) is 13.7 Å². The second-order valence-corrected chi connectivity index (χ2v) is 6.11. The lowest BCUT2D eigenvalue weighted by Gasteiger charge is -2.10. The maximum Gasteiger partial charge on any atom is 0.245 e. The van der Waals surface area contributed by atoms with E-state index in [0.717, 1.165) is 0 Å². The first-order chi connectivity index (χ1) is 7.90. The van der Waals surface area contributed by atoms with E-state index in [2.05, 4.69) is 20.7 Å². The third-order valence-corrected chi connectivity index (χ3v) is 4.63. The number of furan rings is 1. The highest BCUT2D eigenvalue weighted by Crippen LogP contribution is 2.26. The lowest BCUT2D eigenvalue weighted by molar-refractivity contribution is 0.122. The Balaban J connectivity index is 2.85. The summed E-state index contributed by atoms with van der Waals surface area (Å²) in [5.74, 6) is 0.501. The molecular formula is C9H13BrClNO4S. The number of methoxy groups -OCH3 is 1. The topological polar surface area (TPSA) is 68.5 Å². The zero-order valence-electron chi connectivity index (χ0n) is 9.37. The summed E-state index contributed by atoms with van der Waals surface area (Å²) in [4.78, 5) is 0.0384. The van der Waals surface area contributed by atoms with E-state index in [1.165, 1.54) is 13.2 Å². The van der Waals surface area contributed by atoms with Gasteiger partial charge in [0.15, 0.2) is 4.67 Å². The van der Waals surface area contributed by atoms with Gasteiger partial charge in [-0.25, -0.2) is 13.1 Å². The van der Waals surface area contributed by atoms with Gasteiger partial charge in [0.05, 0.1) is 12.0 Å². The van der Waals surface area contributed by atoms with Gasteiger partial charge in [-0.05, 0) is 22.9 Å². The Bertz CT molecular complexity index is 473. The van der Waals surface area contributed by atoms with Gasteiger partial charge in [0.2, 0.25) is 10.0 Å². The van der Waals surface area contributed by atoms with Crippen LogP contribution in [0.4, 0.5) is 0 Å². The average Bonchev–Trinajstić information content (AvgIpc) is 2.68. The normalized spacial score (nSPS) is 13.9. The quantitative estimate of drug-likeness (QED) is 0.801. The molecule has 0 fully saturated rings. The van der Waals surface area contributed by atoms with Crippen molar-refractivity contribution in [3.63, 3.8) is 0 Å². The van der Waals surface area contributed by atoms with Crippen LogP contribution in [0.15, 0.2) is 20.0 Å². The van der Waals surface area contributed by atoms with Crippen LogP contribution in [0.5, 0.6) is 0 Å². The lowest BCUT2D eigenvalue weighted by atomic mass is 10.4. The first kappa shape index (κ1) is 15.0. The second kappa shape index (κ2) is 6.19. The number of nitrogens with one attached hydrogen (secondary N) is 1. The molecule has 0 spiro atoms. The lowest BCUT2D eigenvalue weighted by Crippen LogP contribution is -2.31. The Kier molecular flexibility index (Phi) is 5.46. The smallest absolute Gasteiger partial charge is 0.245 e. The summed E-state index contributed by atoms with van der Waals surface area (Å²) in [7, 11) is -2.10. The fourth-order valence-electron chi connectivity index (χ4n) is 1.04. The maximum atomic E-state index is 11.9. The zero-order valence-corrected chi connectivity index (χ0v) is 12.5. The van der Waals surface area contributed by atoms with E-state index in [0.29, 0.717) is 5.76 Å². The van der Waals surface area contributed by atoms with Crippen molar-refractivity contribution in [2.24, 2.45) is 0 Å². The maximum absolute atomic E-state index is 11.9. The highest BCUT2D eigenvalue weighted by atomic mass is 79.9. The molecule has 1 rings (SSSR count). The molecule has 5 nitrogen and oxygen atoms in total. The van der Waals surface area contributed by atoms with Gasteiger partial charge in [0.1, 0.15) is 10.7 Å². The molecule has 0 amide bonds. The molecule has 1 heterocycles. The number of hydrogen-bond acceptors (Lipinski definition) is 4. The molecule has 17 heavy (non-hydrogen) atoms. The van der Waals surface area contributed by atoms with Crippen LogP contribution < -0.4 is 4.72 Å². The monoisotopic (exact) mass is 345 g/mol. The van der Waals surface area contributed by atoms with Gasteiger partial charge in [-0.2, -0.15) is 0 Å². The summed E-state index contributed by atoms with van der Waals surface area (Å²) in [5, 5.41) is 0. The van der Waals surface area contributed by atoms with Gasteiger partial charge in [0.25, 0.3) is 0 Å². The van der Waals surface area contributed by atoms with Gasteiger partial charge in [-0.15, -0.1) is 11.6 Å². The highest BCUT2D eigenvalue weighted by Gasteiger charge is 2.22. The van der Waals surface area contributed by atoms with E-state index in [1.54, 1.807) is 6.92 Å². The van der Waals surface area contributed by atoms with Crippen molar-refractivity contribution >= 4 is 37.6 Å². The molecule has 0 aliphatic heterocycles. The minimum absolute atomic E-state index is 0.0384. The molecule has 1 atom stereocenters. The van der Waals surface area contributed by atoms with Crippen molar-refractivity contribution < 1.29 is 17.6 Å². The van der Waals surface area contributed by atoms with E-state index in [4.69, 9.17) is 20.8 Å². The number of halogens is 2. The molecule has 1 N–H and O–H groups in total. The molecule has 0 aromatic carbocycles. The molecule has 0 bridgehead atoms. The molecular weight excluding hydrogens is 334 g/mol. The number of hydrogen-bond donors (Lipinski definition) is 1. The van der Waals surface area contributed by atoms with Gasteiger partial charge < -0.3 is 9.15 Å². The number of rotatable bonds is 6. The fraction of sp³-hybridized carbons (Fsp3) is 0.556. The number of sulfonamides is 1. The van der Waals surface area contributed by atoms with Crippen LogP contribution in [0.3, 0.4) is 0 Å². The summed E-state index contributed by atoms with van der Waals surface area (Å²) >= 11 is 8.60. The van der Waals surface area contributed by atoms with Crippen LogP contribution in [0, 0.1) is 0 Å². The van der Waals surface area contributed by atoms with Gasteiger partial charge in [-0.3, -0.25) is 0 Å². The summed E-state index contributed by atoms with van der Waals surface area (Å²) in [6.07, 6.45) is -0.206. The summed E-state index contributed by atoms with van der Waals surface area (Å²) < 4.78 is 36.4. The zero-order chi connectivity index (χ0) is 13.1. The molecule has 0 radical (unpaired) electrons. The minimum atomic E-state index is -3.61. The van der Waals surface area contributed by atoms with E-state index in [-0.39, 0.29) is 28.1 Å². The molecule has 1 aromatic heterocycles. The van der Waals surface area contributed by atoms with Crippen LogP contribution in [-0.4, -0.2) is 28.2 Å². The summed E-state index contributed by atoms with van der Waals surface area (Å²) in [5.41, 5.74) is 0. The highest BCUT2D eigenvalue weighted by molar-refractivity contribution is 9.10. The molecule has 0 aliphatic carbocycles. The van der Waals surface area contributed by atoms with Crippen molar-refractivity contribution in [1.29, 1.82) is 0 Å². The molecule has 0 saturated carbocycles. The van der Waals surface area contributed by atoms with Gasteiger partial charge in [-0.1, -0.05) is 0 Å². The third kappa shape index (κ3) is 3.96. The molecule has 1 aromatic rings. The van der Waals surface area contributed by atoms with Crippen molar-refractivity contribution in [3.05, 3.63) is 16.5 Å². The average molecular weight is 347 g/mol. The summed E-state index contributed by atoms with van der Waals surface area (Å²) in [6.45, 7) is 1.95. The third-order valence-electron chi connectivity index (χ3n) is 2.09. The van der Waals surface area contributed by atoms with Crippen LogP contribution >= 0.6 is 27.5 Å². The van der Waals surface area contributed by atoms with E-state index >= 15 is 0 Å².